The summed E-state index contributed by atoms with van der Waals surface area (Å²) in [6.45, 7) is 0. The Bertz CT molecular complexity index is 479. The molecule has 68 valence electrons. The summed E-state index contributed by atoms with van der Waals surface area (Å²) in [6.07, 6.45) is 1.47. The minimum absolute atomic E-state index is 0.510. The van der Waals surface area contributed by atoms with Crippen LogP contribution >= 0.6 is 38.5 Å². The van der Waals surface area contributed by atoms with Crippen LogP contribution in [0.5, 0.6) is 0 Å². The van der Waals surface area contributed by atoms with E-state index < -0.39 is 0 Å². The van der Waals surface area contributed by atoms with Gasteiger partial charge in [0.15, 0.2) is 0 Å². The Kier molecular flexibility index (Phi) is 2.18. The van der Waals surface area contributed by atoms with Gasteiger partial charge in [-0.2, -0.15) is 0 Å². The van der Waals surface area contributed by atoms with Crippen molar-refractivity contribution in [1.29, 1.82) is 0 Å². The number of hydrogen-bond acceptors (Lipinski definition) is 3. The van der Waals surface area contributed by atoms with Crippen LogP contribution in [0.1, 0.15) is 0 Å². The van der Waals surface area contributed by atoms with Crippen LogP contribution < -0.4 is 5.73 Å². The summed E-state index contributed by atoms with van der Waals surface area (Å²) in [5.41, 5.74) is 6.59. The molecule has 0 unspecified atom stereocenters. The quantitative estimate of drug-likeness (QED) is 0.737. The zero-order valence-electron chi connectivity index (χ0n) is 6.75. The fraction of sp³-hybridized carbons (Fsp3) is 0.143. The summed E-state index contributed by atoms with van der Waals surface area (Å²) >= 11 is 5.70. The first-order valence-electron chi connectivity index (χ1n) is 3.52. The van der Waals surface area contributed by atoms with E-state index in [1.165, 1.54) is 6.33 Å². The van der Waals surface area contributed by atoms with Crippen molar-refractivity contribution in [2.24, 2.45) is 7.05 Å². The van der Waals surface area contributed by atoms with Crippen molar-refractivity contribution in [3.05, 3.63) is 14.5 Å². The number of nitrogens with zero attached hydrogens (tertiary/aromatic N) is 3. The van der Waals surface area contributed by atoms with E-state index in [2.05, 4.69) is 48.5 Å². The smallest absolute Gasteiger partial charge is 0.147 e. The van der Waals surface area contributed by atoms with Crippen molar-refractivity contribution < 1.29 is 0 Å². The maximum absolute atomic E-state index is 5.74. The molecule has 0 bridgehead atoms. The van der Waals surface area contributed by atoms with Gasteiger partial charge in [0, 0.05) is 7.05 Å². The molecule has 2 aromatic rings. The third-order valence-corrected chi connectivity index (χ3v) is 4.65. The van der Waals surface area contributed by atoms with Crippen LogP contribution in [0.25, 0.3) is 11.0 Å². The molecule has 6 heteroatoms. The normalized spacial score (nSPS) is 11.0. The van der Waals surface area contributed by atoms with Gasteiger partial charge < -0.3 is 10.3 Å². The van der Waals surface area contributed by atoms with E-state index in [-0.39, 0.29) is 0 Å². The second-order valence-corrected chi connectivity index (χ2v) is 4.44. The standard InChI is InChI=1S/C7H6BrIN4/c1-13-5(9)4(8)3-6(10)11-2-12-7(3)13/h2H,1H3,(H2,10,11,12). The highest BCUT2D eigenvalue weighted by atomic mass is 127. The van der Waals surface area contributed by atoms with Gasteiger partial charge in [-0.05, 0) is 38.5 Å². The van der Waals surface area contributed by atoms with Crippen LogP contribution in [-0.4, -0.2) is 14.5 Å². The molecule has 2 N–H and O–H groups in total. The number of fused-ring (bicyclic) bond motifs is 1. The van der Waals surface area contributed by atoms with Gasteiger partial charge in [0.2, 0.25) is 0 Å². The van der Waals surface area contributed by atoms with Crippen LogP contribution in [0, 0.1) is 3.70 Å². The maximum atomic E-state index is 5.74. The molecule has 0 saturated carbocycles. The average molecular weight is 353 g/mol. The molecule has 4 nitrogen and oxygen atoms in total. The number of nitrogens with two attached hydrogens (primary N) is 1. The van der Waals surface area contributed by atoms with Gasteiger partial charge in [0.1, 0.15) is 17.8 Å². The first-order valence-corrected chi connectivity index (χ1v) is 5.40. The van der Waals surface area contributed by atoms with E-state index in [0.717, 1.165) is 19.2 Å². The van der Waals surface area contributed by atoms with E-state index in [1.54, 1.807) is 0 Å². The first-order chi connectivity index (χ1) is 6.13. The molecular weight excluding hydrogens is 347 g/mol. The van der Waals surface area contributed by atoms with E-state index in [0.29, 0.717) is 5.82 Å². The Morgan fingerprint density at radius 1 is 1.54 bits per heavy atom. The molecule has 0 saturated heterocycles. The van der Waals surface area contributed by atoms with Crippen molar-refractivity contribution in [3.63, 3.8) is 0 Å². The third kappa shape index (κ3) is 1.23. The topological polar surface area (TPSA) is 56.7 Å². The largest absolute Gasteiger partial charge is 0.383 e. The van der Waals surface area contributed by atoms with Gasteiger partial charge in [0.25, 0.3) is 0 Å². The molecule has 0 aromatic carbocycles. The minimum atomic E-state index is 0.510. The Hall–Kier alpha value is -0.370. The van der Waals surface area contributed by atoms with Crippen molar-refractivity contribution in [2.45, 2.75) is 0 Å². The molecule has 2 aromatic heterocycles. The van der Waals surface area contributed by atoms with E-state index in [9.17, 15) is 0 Å². The summed E-state index contributed by atoms with van der Waals surface area (Å²) in [4.78, 5) is 8.10. The highest BCUT2D eigenvalue weighted by Gasteiger charge is 2.14. The fourth-order valence-corrected chi connectivity index (χ4v) is 2.34. The van der Waals surface area contributed by atoms with Crippen LogP contribution in [0.2, 0.25) is 0 Å². The summed E-state index contributed by atoms with van der Waals surface area (Å²) < 4.78 is 4.00. The molecular formula is C7H6BrIN4. The number of anilines is 1. The summed E-state index contributed by atoms with van der Waals surface area (Å²) in [5, 5.41) is 0.884. The SMILES string of the molecule is Cn1c(I)c(Br)c2c(N)ncnc21. The number of halogens is 2. The number of hydrogen-bond donors (Lipinski definition) is 1. The first kappa shape index (κ1) is 9.20. The van der Waals surface area contributed by atoms with Gasteiger partial charge in [-0.15, -0.1) is 0 Å². The maximum Gasteiger partial charge on any atom is 0.147 e. The zero-order valence-corrected chi connectivity index (χ0v) is 10.5. The molecule has 0 fully saturated rings. The molecule has 13 heavy (non-hydrogen) atoms. The van der Waals surface area contributed by atoms with Crippen LogP contribution in [0.3, 0.4) is 0 Å². The number of rotatable bonds is 0. The van der Waals surface area contributed by atoms with Crippen molar-refractivity contribution in [1.82, 2.24) is 14.5 Å². The van der Waals surface area contributed by atoms with Crippen LogP contribution in [0.4, 0.5) is 5.82 Å². The second-order valence-electron chi connectivity index (χ2n) is 2.62. The van der Waals surface area contributed by atoms with Crippen LogP contribution in [-0.2, 0) is 7.05 Å². The molecule has 0 aliphatic heterocycles. The van der Waals surface area contributed by atoms with Gasteiger partial charge in [0.05, 0.1) is 13.6 Å². The van der Waals surface area contributed by atoms with Crippen molar-refractivity contribution >= 4 is 55.4 Å². The zero-order chi connectivity index (χ0) is 9.59. The highest BCUT2D eigenvalue weighted by molar-refractivity contribution is 14.1. The van der Waals surface area contributed by atoms with Crippen molar-refractivity contribution in [3.8, 4) is 0 Å². The number of aromatic nitrogens is 3. The van der Waals surface area contributed by atoms with Gasteiger partial charge in [-0.3, -0.25) is 0 Å². The van der Waals surface area contributed by atoms with Gasteiger partial charge >= 0.3 is 0 Å². The Balaban J connectivity index is 3.03. The summed E-state index contributed by atoms with van der Waals surface area (Å²) in [7, 11) is 1.95. The lowest BCUT2D eigenvalue weighted by Gasteiger charge is -1.95. The highest BCUT2D eigenvalue weighted by Crippen LogP contribution is 2.32. The van der Waals surface area contributed by atoms with E-state index in [4.69, 9.17) is 5.73 Å². The lowest BCUT2D eigenvalue weighted by molar-refractivity contribution is 0.913. The Morgan fingerprint density at radius 2 is 2.23 bits per heavy atom. The summed E-state index contributed by atoms with van der Waals surface area (Å²) in [5.74, 6) is 0.510. The predicted octanol–water partition coefficient (Wildman–Crippen LogP) is 1.92. The molecule has 0 radical (unpaired) electrons. The number of nitrogen functional groups attached to an aromatic ring is 1. The van der Waals surface area contributed by atoms with Gasteiger partial charge in [-0.1, -0.05) is 0 Å². The molecule has 0 spiro atoms. The molecule has 0 aliphatic carbocycles. The predicted molar refractivity (Wildman–Crippen MR) is 63.3 cm³/mol. The van der Waals surface area contributed by atoms with Crippen molar-refractivity contribution in [2.75, 3.05) is 5.73 Å². The van der Waals surface area contributed by atoms with Crippen LogP contribution in [0.15, 0.2) is 10.8 Å². The molecule has 0 amide bonds. The van der Waals surface area contributed by atoms with E-state index in [1.807, 2.05) is 11.6 Å². The third-order valence-electron chi connectivity index (χ3n) is 1.87. The van der Waals surface area contributed by atoms with E-state index >= 15 is 0 Å². The van der Waals surface area contributed by atoms with Gasteiger partial charge in [-0.25, -0.2) is 9.97 Å². The molecule has 2 rings (SSSR count). The minimum Gasteiger partial charge on any atom is -0.383 e. The molecule has 2 heterocycles. The second kappa shape index (κ2) is 3.09. The Labute approximate surface area is 96.8 Å². The Morgan fingerprint density at radius 3 is 2.85 bits per heavy atom. The fourth-order valence-electron chi connectivity index (χ4n) is 1.20. The summed E-state index contributed by atoms with van der Waals surface area (Å²) in [6, 6.07) is 0. The average Bonchev–Trinajstić information content (AvgIpc) is 2.33. The molecule has 0 aliphatic rings. The lowest BCUT2D eigenvalue weighted by Crippen LogP contribution is -1.95. The number of aryl methyl sites for hydroxylation is 1. The molecule has 0 atom stereocenters. The monoisotopic (exact) mass is 352 g/mol. The lowest BCUT2D eigenvalue weighted by atomic mass is 10.4.